The Morgan fingerprint density at radius 3 is 3.00 bits per heavy atom. The Labute approximate surface area is 86.9 Å². The third kappa shape index (κ3) is 1.23. The van der Waals surface area contributed by atoms with Gasteiger partial charge >= 0.3 is 0 Å². The second-order valence-electron chi connectivity index (χ2n) is 4.09. The van der Waals surface area contributed by atoms with Crippen molar-refractivity contribution < 1.29 is 9.53 Å². The van der Waals surface area contributed by atoms with Gasteiger partial charge in [-0.05, 0) is 30.7 Å². The summed E-state index contributed by atoms with van der Waals surface area (Å²) < 4.78 is 5.69. The van der Waals surface area contributed by atoms with Gasteiger partial charge in [0.05, 0.1) is 18.1 Å². The summed E-state index contributed by atoms with van der Waals surface area (Å²) in [6.07, 6.45) is 3.75. The van der Waals surface area contributed by atoms with E-state index in [1.165, 1.54) is 0 Å². The molecule has 2 aliphatic rings. The SMILES string of the molecule is O=C(c1ccsc1)C1CC2CCC1O2. The Morgan fingerprint density at radius 2 is 2.43 bits per heavy atom. The molecule has 2 aliphatic heterocycles. The molecule has 2 nitrogen and oxygen atoms in total. The van der Waals surface area contributed by atoms with E-state index in [4.69, 9.17) is 4.74 Å². The maximum Gasteiger partial charge on any atom is 0.169 e. The standard InChI is InChI=1S/C11H12O2S/c12-11(7-3-4-14-6-7)9-5-8-1-2-10(9)13-8/h3-4,6,8-10H,1-2,5H2. The molecule has 3 heteroatoms. The molecule has 0 N–H and O–H groups in total. The summed E-state index contributed by atoms with van der Waals surface area (Å²) in [6.45, 7) is 0. The van der Waals surface area contributed by atoms with E-state index in [0.29, 0.717) is 11.9 Å². The van der Waals surface area contributed by atoms with E-state index in [2.05, 4.69) is 0 Å². The fraction of sp³-hybridized carbons (Fsp3) is 0.545. The molecular weight excluding hydrogens is 196 g/mol. The predicted octanol–water partition coefficient (Wildman–Crippen LogP) is 2.50. The number of rotatable bonds is 2. The highest BCUT2D eigenvalue weighted by Crippen LogP contribution is 2.40. The number of Topliss-reactive ketones (excluding diaryl/α,β-unsaturated/α-hetero) is 1. The number of thiophene rings is 1. The molecule has 3 heterocycles. The van der Waals surface area contributed by atoms with E-state index in [1.54, 1.807) is 11.3 Å². The lowest BCUT2D eigenvalue weighted by atomic mass is 9.84. The first-order chi connectivity index (χ1) is 6.84. The number of hydrogen-bond donors (Lipinski definition) is 0. The molecule has 1 aromatic rings. The van der Waals surface area contributed by atoms with E-state index >= 15 is 0 Å². The molecule has 0 saturated carbocycles. The van der Waals surface area contributed by atoms with Crippen LogP contribution in [0, 0.1) is 5.92 Å². The number of ether oxygens (including phenoxy) is 1. The Balaban J connectivity index is 1.81. The van der Waals surface area contributed by atoms with Gasteiger partial charge in [-0.3, -0.25) is 4.79 Å². The van der Waals surface area contributed by atoms with Crippen LogP contribution in [0.1, 0.15) is 29.6 Å². The summed E-state index contributed by atoms with van der Waals surface area (Å²) in [5.74, 6) is 0.432. The molecule has 3 rings (SSSR count). The first-order valence-corrected chi connectivity index (χ1v) is 6.01. The molecule has 3 atom stereocenters. The molecule has 3 unspecified atom stereocenters. The van der Waals surface area contributed by atoms with Gasteiger partial charge in [0.25, 0.3) is 0 Å². The maximum atomic E-state index is 12.0. The molecule has 1 aromatic heterocycles. The number of hydrogen-bond acceptors (Lipinski definition) is 3. The number of carbonyl (C=O) groups is 1. The van der Waals surface area contributed by atoms with Gasteiger partial charge in [-0.2, -0.15) is 11.3 Å². The van der Waals surface area contributed by atoms with Crippen molar-refractivity contribution in [3.63, 3.8) is 0 Å². The zero-order chi connectivity index (χ0) is 9.54. The van der Waals surface area contributed by atoms with Crippen molar-refractivity contribution in [3.8, 4) is 0 Å². The highest BCUT2D eigenvalue weighted by Gasteiger charge is 2.44. The Kier molecular flexibility index (Phi) is 1.96. The normalized spacial score (nSPS) is 35.0. The number of ketones is 1. The maximum absolute atomic E-state index is 12.0. The predicted molar refractivity (Wildman–Crippen MR) is 54.7 cm³/mol. The summed E-state index contributed by atoms with van der Waals surface area (Å²) in [6, 6.07) is 1.92. The van der Waals surface area contributed by atoms with Crippen LogP contribution < -0.4 is 0 Å². The molecule has 0 amide bonds. The lowest BCUT2D eigenvalue weighted by molar-refractivity contribution is 0.0743. The van der Waals surface area contributed by atoms with Crippen LogP contribution in [-0.4, -0.2) is 18.0 Å². The molecule has 74 valence electrons. The summed E-state index contributed by atoms with van der Waals surface area (Å²) in [7, 11) is 0. The van der Waals surface area contributed by atoms with Crippen LogP contribution in [-0.2, 0) is 4.74 Å². The highest BCUT2D eigenvalue weighted by molar-refractivity contribution is 7.08. The summed E-state index contributed by atoms with van der Waals surface area (Å²) in [4.78, 5) is 12.0. The first-order valence-electron chi connectivity index (χ1n) is 5.06. The molecule has 14 heavy (non-hydrogen) atoms. The van der Waals surface area contributed by atoms with Crippen LogP contribution >= 0.6 is 11.3 Å². The monoisotopic (exact) mass is 208 g/mol. The fourth-order valence-corrected chi connectivity index (χ4v) is 3.18. The van der Waals surface area contributed by atoms with Gasteiger partial charge in [0, 0.05) is 10.9 Å². The molecule has 2 fully saturated rings. The van der Waals surface area contributed by atoms with Crippen molar-refractivity contribution in [2.24, 2.45) is 5.92 Å². The third-order valence-corrected chi connectivity index (χ3v) is 3.93. The minimum absolute atomic E-state index is 0.142. The summed E-state index contributed by atoms with van der Waals surface area (Å²) >= 11 is 1.59. The summed E-state index contributed by atoms with van der Waals surface area (Å²) in [5.41, 5.74) is 0.871. The quantitative estimate of drug-likeness (QED) is 0.698. The number of fused-ring (bicyclic) bond motifs is 2. The zero-order valence-corrected chi connectivity index (χ0v) is 8.63. The topological polar surface area (TPSA) is 26.3 Å². The second-order valence-corrected chi connectivity index (χ2v) is 4.87. The van der Waals surface area contributed by atoms with E-state index in [9.17, 15) is 4.79 Å². The first kappa shape index (κ1) is 8.62. The van der Waals surface area contributed by atoms with Crippen LogP contribution in [0.3, 0.4) is 0 Å². The average molecular weight is 208 g/mol. The lowest BCUT2D eigenvalue weighted by Crippen LogP contribution is -2.24. The van der Waals surface area contributed by atoms with E-state index < -0.39 is 0 Å². The van der Waals surface area contributed by atoms with Gasteiger partial charge in [-0.15, -0.1) is 0 Å². The smallest absolute Gasteiger partial charge is 0.169 e. The minimum atomic E-state index is 0.142. The molecule has 0 spiro atoms. The summed E-state index contributed by atoms with van der Waals surface area (Å²) in [5, 5.41) is 3.90. The fourth-order valence-electron chi connectivity index (χ4n) is 2.53. The van der Waals surface area contributed by atoms with Crippen molar-refractivity contribution in [1.82, 2.24) is 0 Å². The van der Waals surface area contributed by atoms with E-state index in [1.807, 2.05) is 16.8 Å². The van der Waals surface area contributed by atoms with Crippen molar-refractivity contribution in [1.29, 1.82) is 0 Å². The second kappa shape index (κ2) is 3.17. The van der Waals surface area contributed by atoms with Gasteiger partial charge in [-0.25, -0.2) is 0 Å². The molecule has 0 radical (unpaired) electrons. The molecule has 2 bridgehead atoms. The minimum Gasteiger partial charge on any atom is -0.374 e. The van der Waals surface area contributed by atoms with Crippen molar-refractivity contribution in [2.75, 3.05) is 0 Å². The lowest BCUT2D eigenvalue weighted by Gasteiger charge is -2.16. The van der Waals surface area contributed by atoms with Crippen LogP contribution in [0.4, 0.5) is 0 Å². The molecular formula is C11H12O2S. The van der Waals surface area contributed by atoms with Crippen molar-refractivity contribution in [2.45, 2.75) is 31.5 Å². The van der Waals surface area contributed by atoms with Gasteiger partial charge in [-0.1, -0.05) is 0 Å². The van der Waals surface area contributed by atoms with Gasteiger partial charge in [0.2, 0.25) is 0 Å². The zero-order valence-electron chi connectivity index (χ0n) is 7.81. The third-order valence-electron chi connectivity index (χ3n) is 3.25. The van der Waals surface area contributed by atoms with Crippen LogP contribution in [0.2, 0.25) is 0 Å². The van der Waals surface area contributed by atoms with Gasteiger partial charge < -0.3 is 4.74 Å². The van der Waals surface area contributed by atoms with Crippen LogP contribution in [0.5, 0.6) is 0 Å². The van der Waals surface area contributed by atoms with Crippen LogP contribution in [0.15, 0.2) is 16.8 Å². The Hall–Kier alpha value is -0.670. The number of carbonyl (C=O) groups excluding carboxylic acids is 1. The van der Waals surface area contributed by atoms with Crippen molar-refractivity contribution in [3.05, 3.63) is 22.4 Å². The molecule has 0 aromatic carbocycles. The molecule has 2 saturated heterocycles. The van der Waals surface area contributed by atoms with Gasteiger partial charge in [0.1, 0.15) is 0 Å². The highest BCUT2D eigenvalue weighted by atomic mass is 32.1. The Morgan fingerprint density at radius 1 is 1.50 bits per heavy atom. The van der Waals surface area contributed by atoms with Crippen molar-refractivity contribution >= 4 is 17.1 Å². The average Bonchev–Trinajstić information content (AvgIpc) is 2.93. The van der Waals surface area contributed by atoms with E-state index in [-0.39, 0.29) is 12.0 Å². The van der Waals surface area contributed by atoms with E-state index in [0.717, 1.165) is 24.8 Å². The van der Waals surface area contributed by atoms with Gasteiger partial charge in [0.15, 0.2) is 5.78 Å². The largest absolute Gasteiger partial charge is 0.374 e. The van der Waals surface area contributed by atoms with Crippen LogP contribution in [0.25, 0.3) is 0 Å². The Bertz CT molecular complexity index is 344. The molecule has 0 aliphatic carbocycles.